The largest absolute Gasteiger partial charge is 0.381 e. The average molecular weight is 500 g/mol. The molecule has 6 nitrogen and oxygen atoms in total. The lowest BCUT2D eigenvalue weighted by molar-refractivity contribution is 0.0830. The molecule has 4 aromatic rings. The minimum atomic E-state index is 0.0229. The van der Waals surface area contributed by atoms with Crippen LogP contribution >= 0.6 is 22.7 Å². The number of aromatic nitrogens is 2. The van der Waals surface area contributed by atoms with Crippen molar-refractivity contribution in [2.75, 3.05) is 19.8 Å². The molecule has 0 aliphatic rings. The number of hydrogen-bond donors (Lipinski definition) is 0. The highest BCUT2D eigenvalue weighted by molar-refractivity contribution is 7.16. The Balaban J connectivity index is 1.48. The van der Waals surface area contributed by atoms with Crippen molar-refractivity contribution in [2.45, 2.75) is 52.9 Å². The van der Waals surface area contributed by atoms with Crippen LogP contribution in [0.2, 0.25) is 0 Å². The Kier molecular flexibility index (Phi) is 8.72. The number of thiazole rings is 2. The molecule has 0 fully saturated rings. The summed E-state index contributed by atoms with van der Waals surface area (Å²) in [6.45, 7) is 7.51. The summed E-state index contributed by atoms with van der Waals surface area (Å²) in [5, 5.41) is 0. The molecule has 0 unspecified atom stereocenters. The molecule has 34 heavy (non-hydrogen) atoms. The summed E-state index contributed by atoms with van der Waals surface area (Å²) < 4.78 is 11.5. The van der Waals surface area contributed by atoms with Crippen LogP contribution in [0.5, 0.6) is 0 Å². The average Bonchev–Trinajstić information content (AvgIpc) is 3.32. The molecule has 1 atom stereocenters. The molecule has 0 amide bonds. The first kappa shape index (κ1) is 24.9. The van der Waals surface area contributed by atoms with Crippen LogP contribution in [0.1, 0.15) is 39.5 Å². The number of rotatable bonds is 13. The lowest BCUT2D eigenvalue weighted by Crippen LogP contribution is -2.35. The van der Waals surface area contributed by atoms with Crippen LogP contribution in [-0.2, 0) is 18.1 Å². The van der Waals surface area contributed by atoms with Crippen LogP contribution in [0, 0.1) is 5.92 Å². The van der Waals surface area contributed by atoms with E-state index < -0.39 is 0 Å². The first-order chi connectivity index (χ1) is 16.6. The predicted molar refractivity (Wildman–Crippen MR) is 143 cm³/mol. The van der Waals surface area contributed by atoms with E-state index in [1.165, 1.54) is 41.9 Å². The van der Waals surface area contributed by atoms with Gasteiger partial charge >= 0.3 is 9.75 Å². The number of nitrogens with zero attached hydrogens (tertiary/aromatic N) is 3. The SMILES string of the molecule is CCCC[C@H](C)COCCCN(Cn1c(=O)sc2ccccc21)Cn1c(=O)sc2ccccc21. The molecule has 2 heterocycles. The second-order valence-electron chi connectivity index (χ2n) is 8.88. The lowest BCUT2D eigenvalue weighted by Gasteiger charge is -2.23. The van der Waals surface area contributed by atoms with E-state index in [1.54, 1.807) is 0 Å². The predicted octanol–water partition coefficient (Wildman–Crippen LogP) is 5.59. The van der Waals surface area contributed by atoms with Gasteiger partial charge in [0.15, 0.2) is 0 Å². The van der Waals surface area contributed by atoms with E-state index >= 15 is 0 Å². The molecule has 0 N–H and O–H groups in total. The highest BCUT2D eigenvalue weighted by Crippen LogP contribution is 2.19. The van der Waals surface area contributed by atoms with Gasteiger partial charge < -0.3 is 4.74 Å². The number of unbranched alkanes of at least 4 members (excludes halogenated alkanes) is 1. The Morgan fingerprint density at radius 2 is 1.44 bits per heavy atom. The molecule has 0 aliphatic carbocycles. The molecule has 0 spiro atoms. The van der Waals surface area contributed by atoms with Gasteiger partial charge in [-0.05, 0) is 43.0 Å². The molecule has 2 aromatic heterocycles. The van der Waals surface area contributed by atoms with Crippen LogP contribution in [0.3, 0.4) is 0 Å². The molecular formula is C26H33N3O3S2. The van der Waals surface area contributed by atoms with Gasteiger partial charge in [0, 0.05) is 19.8 Å². The zero-order chi connectivity index (χ0) is 23.9. The summed E-state index contributed by atoms with van der Waals surface area (Å²) in [4.78, 5) is 27.7. The molecule has 2 aromatic carbocycles. The van der Waals surface area contributed by atoms with E-state index in [1.807, 2.05) is 57.7 Å². The van der Waals surface area contributed by atoms with Crippen LogP contribution < -0.4 is 9.75 Å². The fourth-order valence-electron chi connectivity index (χ4n) is 4.19. The number of para-hydroxylation sites is 2. The van der Waals surface area contributed by atoms with E-state index in [9.17, 15) is 9.59 Å². The monoisotopic (exact) mass is 499 g/mol. The summed E-state index contributed by atoms with van der Waals surface area (Å²) in [7, 11) is 0. The van der Waals surface area contributed by atoms with Crippen LogP contribution in [0.4, 0.5) is 0 Å². The van der Waals surface area contributed by atoms with Gasteiger partial charge in [0.25, 0.3) is 0 Å². The van der Waals surface area contributed by atoms with Gasteiger partial charge in [-0.2, -0.15) is 0 Å². The topological polar surface area (TPSA) is 56.5 Å². The first-order valence-corrected chi connectivity index (χ1v) is 13.7. The van der Waals surface area contributed by atoms with Gasteiger partial charge in [0.1, 0.15) is 0 Å². The third-order valence-corrected chi connectivity index (χ3v) is 7.97. The normalized spacial score (nSPS) is 12.8. The maximum absolute atomic E-state index is 12.8. The second kappa shape index (κ2) is 11.9. The molecule has 182 valence electrons. The fourth-order valence-corrected chi connectivity index (χ4v) is 5.96. The quantitative estimate of drug-likeness (QED) is 0.225. The van der Waals surface area contributed by atoms with Crippen molar-refractivity contribution in [3.63, 3.8) is 0 Å². The summed E-state index contributed by atoms with van der Waals surface area (Å²) in [6, 6.07) is 15.8. The van der Waals surface area contributed by atoms with Crippen LogP contribution in [0.15, 0.2) is 58.1 Å². The second-order valence-corrected chi connectivity index (χ2v) is 10.9. The van der Waals surface area contributed by atoms with E-state index in [2.05, 4.69) is 18.7 Å². The van der Waals surface area contributed by atoms with E-state index in [0.29, 0.717) is 25.9 Å². The number of hydrogen-bond acceptors (Lipinski definition) is 6. The van der Waals surface area contributed by atoms with Gasteiger partial charge in [0.05, 0.1) is 33.8 Å². The van der Waals surface area contributed by atoms with Crippen molar-refractivity contribution in [2.24, 2.45) is 5.92 Å². The van der Waals surface area contributed by atoms with Gasteiger partial charge in [-0.25, -0.2) is 0 Å². The summed E-state index contributed by atoms with van der Waals surface area (Å²) >= 11 is 2.53. The van der Waals surface area contributed by atoms with Crippen molar-refractivity contribution >= 4 is 43.1 Å². The first-order valence-electron chi connectivity index (χ1n) is 12.0. The van der Waals surface area contributed by atoms with Crippen molar-refractivity contribution in [3.05, 3.63) is 67.9 Å². The van der Waals surface area contributed by atoms with Gasteiger partial charge in [0.2, 0.25) is 0 Å². The Morgan fingerprint density at radius 3 is 2.00 bits per heavy atom. The Bertz CT molecular complexity index is 1230. The Hall–Kier alpha value is -2.26. The molecule has 0 saturated carbocycles. The molecule has 0 aliphatic heterocycles. The third-order valence-electron chi connectivity index (χ3n) is 6.05. The maximum atomic E-state index is 12.8. The van der Waals surface area contributed by atoms with E-state index in [0.717, 1.165) is 40.0 Å². The van der Waals surface area contributed by atoms with Crippen LogP contribution in [-0.4, -0.2) is 33.8 Å². The van der Waals surface area contributed by atoms with Gasteiger partial charge in [-0.1, -0.05) is 73.6 Å². The zero-order valence-corrected chi connectivity index (χ0v) is 21.6. The smallest absolute Gasteiger partial charge is 0.309 e. The molecule has 0 bridgehead atoms. The number of ether oxygens (including phenoxy) is 1. The zero-order valence-electron chi connectivity index (χ0n) is 19.9. The van der Waals surface area contributed by atoms with Crippen LogP contribution in [0.25, 0.3) is 20.4 Å². The highest BCUT2D eigenvalue weighted by atomic mass is 32.1. The molecule has 4 rings (SSSR count). The summed E-state index contributed by atoms with van der Waals surface area (Å²) in [5.41, 5.74) is 1.87. The van der Waals surface area contributed by atoms with Crippen molar-refractivity contribution < 1.29 is 4.74 Å². The van der Waals surface area contributed by atoms with Crippen molar-refractivity contribution in [1.82, 2.24) is 14.0 Å². The van der Waals surface area contributed by atoms with E-state index in [-0.39, 0.29) is 9.75 Å². The summed E-state index contributed by atoms with van der Waals surface area (Å²) in [5.74, 6) is 0.572. The minimum absolute atomic E-state index is 0.0229. The number of benzene rings is 2. The summed E-state index contributed by atoms with van der Waals surface area (Å²) in [6.07, 6.45) is 4.50. The molecule has 8 heteroatoms. The molecule has 0 radical (unpaired) electrons. The molecule has 0 saturated heterocycles. The Morgan fingerprint density at radius 1 is 0.882 bits per heavy atom. The van der Waals surface area contributed by atoms with Gasteiger partial charge in [-0.3, -0.25) is 23.6 Å². The maximum Gasteiger partial charge on any atom is 0.309 e. The fraction of sp³-hybridized carbons (Fsp3) is 0.462. The van der Waals surface area contributed by atoms with Crippen molar-refractivity contribution in [1.29, 1.82) is 0 Å². The van der Waals surface area contributed by atoms with Crippen molar-refractivity contribution in [3.8, 4) is 0 Å². The highest BCUT2D eigenvalue weighted by Gasteiger charge is 2.15. The lowest BCUT2D eigenvalue weighted by atomic mass is 10.1. The minimum Gasteiger partial charge on any atom is -0.381 e. The number of fused-ring (bicyclic) bond motifs is 2. The standard InChI is InChI=1S/C26H33N3O3S2/c1-3-4-10-20(2)17-32-16-9-15-27(18-28-21-11-5-7-13-23(21)33-25(28)30)19-29-22-12-6-8-14-24(22)34-26(29)31/h5-8,11-14,20H,3-4,9-10,15-19H2,1-2H3/t20-/m0/s1. The third kappa shape index (κ3) is 6.05. The molecular weight excluding hydrogens is 466 g/mol. The van der Waals surface area contributed by atoms with E-state index in [4.69, 9.17) is 4.74 Å². The van der Waals surface area contributed by atoms with Gasteiger partial charge in [-0.15, -0.1) is 0 Å². The Labute approximate surface area is 208 Å².